The highest BCUT2D eigenvalue weighted by atomic mass is 16.4. The van der Waals surface area contributed by atoms with E-state index in [1.807, 2.05) is 6.92 Å². The van der Waals surface area contributed by atoms with Crippen molar-refractivity contribution in [3.8, 4) is 0 Å². The van der Waals surface area contributed by atoms with Crippen LogP contribution in [0.4, 0.5) is 0 Å². The molecule has 22 heavy (non-hydrogen) atoms. The van der Waals surface area contributed by atoms with Gasteiger partial charge in [-0.05, 0) is 35.8 Å². The van der Waals surface area contributed by atoms with Crippen molar-refractivity contribution in [2.45, 2.75) is 57.9 Å². The number of rotatable bonds is 5. The maximum Gasteiger partial charge on any atom is 0.326 e. The highest BCUT2D eigenvalue weighted by Gasteiger charge is 2.34. The van der Waals surface area contributed by atoms with E-state index in [-0.39, 0.29) is 11.8 Å². The molecule has 120 valence electrons. The summed E-state index contributed by atoms with van der Waals surface area (Å²) in [6, 6.07) is 7.73. The zero-order valence-corrected chi connectivity index (χ0v) is 13.6. The molecule has 1 amide bonds. The fourth-order valence-corrected chi connectivity index (χ4v) is 3.03. The predicted molar refractivity (Wildman–Crippen MR) is 85.9 cm³/mol. The lowest BCUT2D eigenvalue weighted by Gasteiger charge is -2.23. The first-order valence-corrected chi connectivity index (χ1v) is 8.02. The van der Waals surface area contributed by atoms with Gasteiger partial charge in [-0.2, -0.15) is 0 Å². The van der Waals surface area contributed by atoms with Crippen LogP contribution in [0.2, 0.25) is 0 Å². The molecule has 0 aliphatic carbocycles. The molecule has 0 spiro atoms. The average molecular weight is 303 g/mol. The van der Waals surface area contributed by atoms with Gasteiger partial charge < -0.3 is 10.0 Å². The van der Waals surface area contributed by atoms with Crippen LogP contribution in [0, 0.1) is 0 Å². The van der Waals surface area contributed by atoms with Gasteiger partial charge >= 0.3 is 5.97 Å². The lowest BCUT2D eigenvalue weighted by atomic mass is 9.94. The number of carbonyl (C=O) groups is 2. The molecule has 1 aliphatic rings. The van der Waals surface area contributed by atoms with E-state index in [0.717, 1.165) is 12.0 Å². The monoisotopic (exact) mass is 303 g/mol. The number of aliphatic carboxylic acids is 1. The Labute approximate surface area is 132 Å². The van der Waals surface area contributed by atoms with E-state index < -0.39 is 12.0 Å². The topological polar surface area (TPSA) is 57.6 Å². The fourth-order valence-electron chi connectivity index (χ4n) is 3.03. The standard InChI is InChI=1S/C18H25NO3/c1-12(2)14-6-8-15(9-7-14)13(3)11-17(20)19-10-4-5-16(19)18(21)22/h6-9,12-13,16H,4-5,10-11H2,1-3H3,(H,21,22)/t13?,16-/m1/s1. The number of nitrogens with zero attached hydrogens (tertiary/aromatic N) is 1. The lowest BCUT2D eigenvalue weighted by Crippen LogP contribution is -2.40. The van der Waals surface area contributed by atoms with E-state index in [0.29, 0.717) is 25.3 Å². The molecule has 1 aromatic carbocycles. The Balaban J connectivity index is 2.00. The van der Waals surface area contributed by atoms with E-state index in [1.54, 1.807) is 0 Å². The molecule has 1 fully saturated rings. The van der Waals surface area contributed by atoms with Crippen LogP contribution in [-0.2, 0) is 9.59 Å². The van der Waals surface area contributed by atoms with Crippen molar-refractivity contribution >= 4 is 11.9 Å². The van der Waals surface area contributed by atoms with Gasteiger partial charge in [-0.15, -0.1) is 0 Å². The van der Waals surface area contributed by atoms with Crippen molar-refractivity contribution < 1.29 is 14.7 Å². The molecule has 2 rings (SSSR count). The molecule has 2 atom stereocenters. The van der Waals surface area contributed by atoms with Gasteiger partial charge in [-0.1, -0.05) is 45.0 Å². The summed E-state index contributed by atoms with van der Waals surface area (Å²) < 4.78 is 0. The number of hydrogen-bond donors (Lipinski definition) is 1. The van der Waals surface area contributed by atoms with E-state index in [9.17, 15) is 14.7 Å². The maximum atomic E-state index is 12.4. The molecule has 1 heterocycles. The number of benzene rings is 1. The second-order valence-electron chi connectivity index (χ2n) is 6.51. The molecule has 0 radical (unpaired) electrons. The van der Waals surface area contributed by atoms with Gasteiger partial charge in [0.05, 0.1) is 0 Å². The molecule has 0 bridgehead atoms. The first-order valence-electron chi connectivity index (χ1n) is 8.02. The Kier molecular flexibility index (Phi) is 5.22. The third-order valence-corrected chi connectivity index (χ3v) is 4.51. The number of carboxylic acid groups (broad SMARTS) is 1. The van der Waals surface area contributed by atoms with Crippen LogP contribution in [0.5, 0.6) is 0 Å². The van der Waals surface area contributed by atoms with E-state index in [2.05, 4.69) is 38.1 Å². The third-order valence-electron chi connectivity index (χ3n) is 4.51. The maximum absolute atomic E-state index is 12.4. The second kappa shape index (κ2) is 6.95. The van der Waals surface area contributed by atoms with Crippen molar-refractivity contribution in [2.24, 2.45) is 0 Å². The summed E-state index contributed by atoms with van der Waals surface area (Å²) in [5.41, 5.74) is 2.41. The quantitative estimate of drug-likeness (QED) is 0.907. The minimum Gasteiger partial charge on any atom is -0.480 e. The van der Waals surface area contributed by atoms with Crippen LogP contribution < -0.4 is 0 Å². The zero-order valence-electron chi connectivity index (χ0n) is 13.6. The smallest absolute Gasteiger partial charge is 0.326 e. The summed E-state index contributed by atoms with van der Waals surface area (Å²) in [4.78, 5) is 25.1. The normalized spacial score (nSPS) is 19.5. The van der Waals surface area contributed by atoms with Crippen LogP contribution in [-0.4, -0.2) is 34.5 Å². The van der Waals surface area contributed by atoms with E-state index in [4.69, 9.17) is 0 Å². The van der Waals surface area contributed by atoms with Crippen molar-refractivity contribution in [1.29, 1.82) is 0 Å². The van der Waals surface area contributed by atoms with Crippen LogP contribution >= 0.6 is 0 Å². The number of likely N-dealkylation sites (tertiary alicyclic amines) is 1. The molecular formula is C18H25NO3. The van der Waals surface area contributed by atoms with Gasteiger partial charge in [0.2, 0.25) is 5.91 Å². The second-order valence-corrected chi connectivity index (χ2v) is 6.51. The SMILES string of the molecule is CC(C)c1ccc(C(C)CC(=O)N2CCC[C@@H]2C(=O)O)cc1. The van der Waals surface area contributed by atoms with Crippen molar-refractivity contribution in [3.63, 3.8) is 0 Å². The van der Waals surface area contributed by atoms with Gasteiger partial charge in [0.25, 0.3) is 0 Å². The third kappa shape index (κ3) is 3.67. The molecule has 1 saturated heterocycles. The summed E-state index contributed by atoms with van der Waals surface area (Å²) in [5.74, 6) is -0.346. The van der Waals surface area contributed by atoms with Gasteiger partial charge in [0.1, 0.15) is 6.04 Å². The molecule has 1 N–H and O–H groups in total. The minimum absolute atomic E-state index is 0.0506. The highest BCUT2D eigenvalue weighted by molar-refractivity contribution is 5.84. The van der Waals surface area contributed by atoms with Gasteiger partial charge in [0, 0.05) is 13.0 Å². The minimum atomic E-state index is -0.889. The van der Waals surface area contributed by atoms with Crippen LogP contribution in [0.1, 0.15) is 63.0 Å². The van der Waals surface area contributed by atoms with Crippen molar-refractivity contribution in [2.75, 3.05) is 6.54 Å². The number of carboxylic acids is 1. The summed E-state index contributed by atoms with van der Waals surface area (Å²) in [6.07, 6.45) is 1.71. The number of amides is 1. The summed E-state index contributed by atoms with van der Waals surface area (Å²) in [7, 11) is 0. The van der Waals surface area contributed by atoms with E-state index >= 15 is 0 Å². The van der Waals surface area contributed by atoms with E-state index in [1.165, 1.54) is 10.5 Å². The summed E-state index contributed by atoms with van der Waals surface area (Å²) >= 11 is 0. The largest absolute Gasteiger partial charge is 0.480 e. The lowest BCUT2D eigenvalue weighted by molar-refractivity contribution is -0.148. The molecule has 0 saturated carbocycles. The average Bonchev–Trinajstić information content (AvgIpc) is 2.97. The van der Waals surface area contributed by atoms with Crippen LogP contribution in [0.15, 0.2) is 24.3 Å². The Morgan fingerprint density at radius 3 is 2.32 bits per heavy atom. The van der Waals surface area contributed by atoms with Crippen LogP contribution in [0.3, 0.4) is 0 Å². The van der Waals surface area contributed by atoms with Gasteiger partial charge in [-0.3, -0.25) is 4.79 Å². The molecular weight excluding hydrogens is 278 g/mol. The Morgan fingerprint density at radius 1 is 1.18 bits per heavy atom. The Hall–Kier alpha value is -1.84. The predicted octanol–water partition coefficient (Wildman–Crippen LogP) is 3.38. The Morgan fingerprint density at radius 2 is 1.77 bits per heavy atom. The molecule has 0 aromatic heterocycles. The van der Waals surface area contributed by atoms with Crippen molar-refractivity contribution in [3.05, 3.63) is 35.4 Å². The molecule has 1 aromatic rings. The number of carbonyl (C=O) groups excluding carboxylic acids is 1. The van der Waals surface area contributed by atoms with Crippen molar-refractivity contribution in [1.82, 2.24) is 4.90 Å². The summed E-state index contributed by atoms with van der Waals surface area (Å²) in [5, 5.41) is 9.17. The van der Waals surface area contributed by atoms with Gasteiger partial charge in [-0.25, -0.2) is 4.79 Å². The first-order chi connectivity index (χ1) is 10.4. The van der Waals surface area contributed by atoms with Crippen LogP contribution in [0.25, 0.3) is 0 Å². The number of hydrogen-bond acceptors (Lipinski definition) is 2. The highest BCUT2D eigenvalue weighted by Crippen LogP contribution is 2.25. The molecule has 1 aliphatic heterocycles. The summed E-state index contributed by atoms with van der Waals surface area (Å²) in [6.45, 7) is 6.89. The molecule has 4 nitrogen and oxygen atoms in total. The molecule has 1 unspecified atom stereocenters. The van der Waals surface area contributed by atoms with Gasteiger partial charge in [0.15, 0.2) is 0 Å². The Bertz CT molecular complexity index is 536. The first kappa shape index (κ1) is 16.5. The molecule has 4 heteroatoms. The zero-order chi connectivity index (χ0) is 16.3. The fraction of sp³-hybridized carbons (Fsp3) is 0.556.